The van der Waals surface area contributed by atoms with E-state index in [2.05, 4.69) is 65.1 Å². The number of benzene rings is 1. The van der Waals surface area contributed by atoms with Gasteiger partial charge in [-0.1, -0.05) is 12.1 Å². The number of anilines is 1. The molecule has 1 aliphatic rings. The number of hydrogen-bond acceptors (Lipinski definition) is 3. The standard InChI is InChI=1S/C18H30N4S.HI/c1-19-18(21-15-7-10-17(13-15)23-4)20-12-11-14-5-8-16(9-6-14)22(2)3;/h5-6,8-9,15,17H,7,10-13H2,1-4H3,(H2,19,20,21);1H. The number of rotatable bonds is 6. The van der Waals surface area contributed by atoms with Crippen LogP contribution in [0.25, 0.3) is 0 Å². The van der Waals surface area contributed by atoms with E-state index < -0.39 is 0 Å². The third-order valence-corrected chi connectivity index (χ3v) is 5.54. The fourth-order valence-corrected chi connectivity index (χ4v) is 3.76. The molecule has 2 unspecified atom stereocenters. The van der Waals surface area contributed by atoms with Crippen molar-refractivity contribution in [1.29, 1.82) is 0 Å². The summed E-state index contributed by atoms with van der Waals surface area (Å²) in [6.07, 6.45) is 7.02. The second-order valence-corrected chi connectivity index (χ2v) is 7.46. The molecule has 0 aliphatic heterocycles. The van der Waals surface area contributed by atoms with E-state index in [0.717, 1.165) is 24.2 Å². The summed E-state index contributed by atoms with van der Waals surface area (Å²) in [6.45, 7) is 0.902. The van der Waals surface area contributed by atoms with Gasteiger partial charge in [0.1, 0.15) is 0 Å². The van der Waals surface area contributed by atoms with Crippen LogP contribution in [0, 0.1) is 0 Å². The average molecular weight is 462 g/mol. The molecule has 1 aromatic rings. The molecule has 0 amide bonds. The van der Waals surface area contributed by atoms with E-state index in [1.165, 1.54) is 30.5 Å². The predicted molar refractivity (Wildman–Crippen MR) is 119 cm³/mol. The van der Waals surface area contributed by atoms with Crippen molar-refractivity contribution in [3.8, 4) is 0 Å². The zero-order chi connectivity index (χ0) is 16.7. The molecule has 24 heavy (non-hydrogen) atoms. The van der Waals surface area contributed by atoms with E-state index in [0.29, 0.717) is 6.04 Å². The van der Waals surface area contributed by atoms with Gasteiger partial charge in [0.25, 0.3) is 0 Å². The van der Waals surface area contributed by atoms with Gasteiger partial charge in [-0.2, -0.15) is 11.8 Å². The predicted octanol–water partition coefficient (Wildman–Crippen LogP) is 3.36. The van der Waals surface area contributed by atoms with Gasteiger partial charge in [-0.25, -0.2) is 0 Å². The number of nitrogens with one attached hydrogen (secondary N) is 2. The second-order valence-electron chi connectivity index (χ2n) is 6.32. The van der Waals surface area contributed by atoms with Gasteiger partial charge in [-0.05, 0) is 49.6 Å². The van der Waals surface area contributed by atoms with Crippen LogP contribution < -0.4 is 15.5 Å². The van der Waals surface area contributed by atoms with Crippen LogP contribution in [0.5, 0.6) is 0 Å². The molecule has 1 aliphatic carbocycles. The molecular weight excluding hydrogens is 431 g/mol. The molecule has 2 rings (SSSR count). The first kappa shape index (κ1) is 21.4. The molecule has 0 spiro atoms. The summed E-state index contributed by atoms with van der Waals surface area (Å²) in [7, 11) is 5.98. The topological polar surface area (TPSA) is 39.7 Å². The number of thioether (sulfide) groups is 1. The van der Waals surface area contributed by atoms with E-state index in [-0.39, 0.29) is 24.0 Å². The van der Waals surface area contributed by atoms with Crippen molar-refractivity contribution in [2.75, 3.05) is 38.8 Å². The largest absolute Gasteiger partial charge is 0.378 e. The first-order chi connectivity index (χ1) is 11.1. The van der Waals surface area contributed by atoms with Crippen molar-refractivity contribution in [1.82, 2.24) is 10.6 Å². The van der Waals surface area contributed by atoms with Crippen LogP contribution >= 0.6 is 35.7 Å². The fraction of sp³-hybridized carbons (Fsp3) is 0.611. The normalized spacial score (nSPS) is 20.4. The number of hydrogen-bond donors (Lipinski definition) is 2. The fourth-order valence-electron chi connectivity index (χ4n) is 2.96. The number of aliphatic imine (C=N–C) groups is 1. The maximum atomic E-state index is 4.35. The van der Waals surface area contributed by atoms with Crippen LogP contribution in [-0.4, -0.2) is 51.2 Å². The van der Waals surface area contributed by atoms with Crippen LogP contribution in [-0.2, 0) is 6.42 Å². The van der Waals surface area contributed by atoms with E-state index in [4.69, 9.17) is 0 Å². The SMILES string of the molecule is CN=C(NCCc1ccc(N(C)C)cc1)NC1CCC(SC)C1.I. The lowest BCUT2D eigenvalue weighted by atomic mass is 10.1. The minimum atomic E-state index is 0. The molecule has 0 radical (unpaired) electrons. The smallest absolute Gasteiger partial charge is 0.191 e. The lowest BCUT2D eigenvalue weighted by Crippen LogP contribution is -2.43. The summed E-state index contributed by atoms with van der Waals surface area (Å²) in [5.41, 5.74) is 2.59. The number of nitrogens with zero attached hydrogens (tertiary/aromatic N) is 2. The van der Waals surface area contributed by atoms with E-state index in [9.17, 15) is 0 Å². The Morgan fingerprint density at radius 3 is 2.50 bits per heavy atom. The molecule has 136 valence electrons. The minimum absolute atomic E-state index is 0. The zero-order valence-electron chi connectivity index (χ0n) is 15.2. The maximum absolute atomic E-state index is 4.35. The summed E-state index contributed by atoms with van der Waals surface area (Å²) in [5, 5.41) is 7.80. The maximum Gasteiger partial charge on any atom is 0.191 e. The highest BCUT2D eigenvalue weighted by Crippen LogP contribution is 2.27. The van der Waals surface area contributed by atoms with Crippen molar-refractivity contribution >= 4 is 47.4 Å². The highest BCUT2D eigenvalue weighted by atomic mass is 127. The second kappa shape index (κ2) is 11.1. The molecule has 0 heterocycles. The minimum Gasteiger partial charge on any atom is -0.378 e. The van der Waals surface area contributed by atoms with E-state index in [1.54, 1.807) is 0 Å². The molecule has 0 saturated heterocycles. The van der Waals surface area contributed by atoms with E-state index in [1.807, 2.05) is 18.8 Å². The number of halogens is 1. The van der Waals surface area contributed by atoms with Crippen molar-refractivity contribution in [2.45, 2.75) is 37.0 Å². The van der Waals surface area contributed by atoms with Gasteiger partial charge in [0, 0.05) is 44.7 Å². The summed E-state index contributed by atoms with van der Waals surface area (Å²) < 4.78 is 0. The zero-order valence-corrected chi connectivity index (χ0v) is 18.4. The Kier molecular flexibility index (Phi) is 9.88. The molecule has 2 atom stereocenters. The molecule has 2 N–H and O–H groups in total. The quantitative estimate of drug-likeness (QED) is 0.387. The molecular formula is C18H31IN4S. The van der Waals surface area contributed by atoms with Gasteiger partial charge in [0.2, 0.25) is 0 Å². The van der Waals surface area contributed by atoms with Crippen LogP contribution in [0.4, 0.5) is 5.69 Å². The van der Waals surface area contributed by atoms with Gasteiger partial charge in [0.15, 0.2) is 5.96 Å². The Morgan fingerprint density at radius 2 is 1.96 bits per heavy atom. The Labute approximate surface area is 168 Å². The van der Waals surface area contributed by atoms with Crippen LogP contribution in [0.15, 0.2) is 29.3 Å². The van der Waals surface area contributed by atoms with Gasteiger partial charge in [-0.3, -0.25) is 4.99 Å². The highest BCUT2D eigenvalue weighted by Gasteiger charge is 2.24. The van der Waals surface area contributed by atoms with Crippen molar-refractivity contribution in [2.24, 2.45) is 4.99 Å². The molecule has 1 saturated carbocycles. The Bertz CT molecular complexity index is 504. The molecule has 4 nitrogen and oxygen atoms in total. The Morgan fingerprint density at radius 1 is 1.25 bits per heavy atom. The molecule has 0 aromatic heterocycles. The third-order valence-electron chi connectivity index (χ3n) is 4.44. The molecule has 0 bridgehead atoms. The lowest BCUT2D eigenvalue weighted by molar-refractivity contribution is 0.614. The molecule has 6 heteroatoms. The van der Waals surface area contributed by atoms with Crippen LogP contribution in [0.3, 0.4) is 0 Å². The van der Waals surface area contributed by atoms with Crippen molar-refractivity contribution < 1.29 is 0 Å². The van der Waals surface area contributed by atoms with E-state index >= 15 is 0 Å². The van der Waals surface area contributed by atoms with Gasteiger partial charge >= 0.3 is 0 Å². The summed E-state index contributed by atoms with van der Waals surface area (Å²) >= 11 is 1.99. The van der Waals surface area contributed by atoms with Gasteiger partial charge in [-0.15, -0.1) is 24.0 Å². The summed E-state index contributed by atoms with van der Waals surface area (Å²) in [4.78, 5) is 6.47. The summed E-state index contributed by atoms with van der Waals surface area (Å²) in [5.74, 6) is 0.932. The molecule has 1 aromatic carbocycles. The van der Waals surface area contributed by atoms with Gasteiger partial charge < -0.3 is 15.5 Å². The van der Waals surface area contributed by atoms with Gasteiger partial charge in [0.05, 0.1) is 0 Å². The average Bonchev–Trinajstić information content (AvgIpc) is 3.02. The van der Waals surface area contributed by atoms with Crippen LogP contribution in [0.1, 0.15) is 24.8 Å². The summed E-state index contributed by atoms with van der Waals surface area (Å²) in [6, 6.07) is 9.31. The third kappa shape index (κ3) is 6.70. The highest BCUT2D eigenvalue weighted by molar-refractivity contribution is 14.0. The Balaban J connectivity index is 0.00000288. The monoisotopic (exact) mass is 462 g/mol. The van der Waals surface area contributed by atoms with Crippen molar-refractivity contribution in [3.63, 3.8) is 0 Å². The lowest BCUT2D eigenvalue weighted by Gasteiger charge is -2.17. The number of guanidine groups is 1. The first-order valence-corrected chi connectivity index (χ1v) is 9.67. The first-order valence-electron chi connectivity index (χ1n) is 8.38. The molecule has 1 fully saturated rings. The Hall–Kier alpha value is -0.630. The van der Waals surface area contributed by atoms with Crippen LogP contribution in [0.2, 0.25) is 0 Å². The van der Waals surface area contributed by atoms with Crippen molar-refractivity contribution in [3.05, 3.63) is 29.8 Å².